The van der Waals surface area contributed by atoms with Crippen molar-refractivity contribution in [3.8, 4) is 5.75 Å². The molecule has 3 aliphatic heterocycles. The molecule has 0 saturated carbocycles. The summed E-state index contributed by atoms with van der Waals surface area (Å²) in [4.78, 5) is 136. The number of hydrogen-bond acceptors (Lipinski definition) is 19. The first kappa shape index (κ1) is 75.0. The number of esters is 3. The van der Waals surface area contributed by atoms with Crippen LogP contribution >= 0.6 is 22.7 Å². The molecule has 0 aliphatic carbocycles. The Morgan fingerprint density at radius 1 is 0.404 bits per heavy atom. The summed E-state index contributed by atoms with van der Waals surface area (Å²) in [6, 6.07) is 55.4. The zero-order chi connectivity index (χ0) is 76.2. The molecule has 23 nitrogen and oxygen atoms in total. The van der Waals surface area contributed by atoms with Crippen LogP contribution in [-0.4, -0.2) is 174 Å². The van der Waals surface area contributed by atoms with E-state index in [1.165, 1.54) is 27.2 Å². The summed E-state index contributed by atoms with van der Waals surface area (Å²) in [5.41, 5.74) is 5.35. The molecule has 109 heavy (non-hydrogen) atoms. The van der Waals surface area contributed by atoms with Crippen LogP contribution in [0.2, 0.25) is 0 Å². The van der Waals surface area contributed by atoms with Crippen molar-refractivity contribution in [1.82, 2.24) is 33.4 Å². The lowest BCUT2D eigenvalue weighted by atomic mass is 10.0. The van der Waals surface area contributed by atoms with Crippen LogP contribution in [-0.2, 0) is 34.3 Å². The van der Waals surface area contributed by atoms with Crippen LogP contribution in [0.3, 0.4) is 0 Å². The van der Waals surface area contributed by atoms with E-state index < -0.39 is 23.5 Å². The highest BCUT2D eigenvalue weighted by Crippen LogP contribution is 2.35. The minimum absolute atomic E-state index is 0.00466. The fourth-order valence-corrected chi connectivity index (χ4v) is 15.7. The van der Waals surface area contributed by atoms with Crippen molar-refractivity contribution in [3.05, 3.63) is 273 Å². The molecule has 6 aromatic heterocycles. The Kier molecular flexibility index (Phi) is 23.5. The lowest BCUT2D eigenvalue weighted by Gasteiger charge is -2.37. The van der Waals surface area contributed by atoms with Gasteiger partial charge in [0.05, 0.1) is 83.4 Å². The second-order valence-corrected chi connectivity index (χ2v) is 28.0. The van der Waals surface area contributed by atoms with Gasteiger partial charge in [-0.05, 0) is 114 Å². The van der Waals surface area contributed by atoms with Gasteiger partial charge in [-0.1, -0.05) is 115 Å². The summed E-state index contributed by atoms with van der Waals surface area (Å²) >= 11 is 2.85. The van der Waals surface area contributed by atoms with E-state index in [1.54, 1.807) is 73.5 Å². The first-order valence-corrected chi connectivity index (χ1v) is 38.0. The molecule has 0 atom stereocenters. The van der Waals surface area contributed by atoms with Gasteiger partial charge in [-0.3, -0.25) is 33.8 Å². The van der Waals surface area contributed by atoms with E-state index in [0.717, 1.165) is 60.4 Å². The SMILES string of the molecule is CCOC(=O)c1c(N2CCN(C(=O)c3cccs3)CC2)c2ccccc2n(Cc2ccc(OC)cc2)c1=O.CCOC(=O)c1c(N2CCN(C(=O)c3cccs3)CC2)c2ccccc2n(Cc2ccc3ccccc3c2)c1=O.CCOC(=O)c1c(N2CCN(C(=O)c3ccncc3)CC2)c2ccccc2n(C)c1=O. The molecular weight excluding hydrogens is 1420 g/mol. The molecule has 3 saturated heterocycles. The van der Waals surface area contributed by atoms with Crippen LogP contribution in [0.15, 0.2) is 213 Å². The maximum Gasteiger partial charge on any atom is 0.345 e. The van der Waals surface area contributed by atoms with E-state index in [1.807, 2.05) is 170 Å². The number of methoxy groups -OCH3 is 1. The molecular formula is C84H82N10O13S2. The number of hydrogen-bond donors (Lipinski definition) is 0. The van der Waals surface area contributed by atoms with Gasteiger partial charge in [0.2, 0.25) is 0 Å². The minimum Gasteiger partial charge on any atom is -0.497 e. The number of ether oxygens (including phenoxy) is 4. The van der Waals surface area contributed by atoms with Crippen molar-refractivity contribution in [2.45, 2.75) is 33.9 Å². The van der Waals surface area contributed by atoms with Crippen molar-refractivity contribution < 1.29 is 47.7 Å². The van der Waals surface area contributed by atoms with Crippen molar-refractivity contribution in [2.75, 3.05) is 120 Å². The minimum atomic E-state index is -0.640. The Hall–Kier alpha value is -12.2. The monoisotopic (exact) mass is 1500 g/mol. The van der Waals surface area contributed by atoms with Crippen molar-refractivity contribution in [1.29, 1.82) is 0 Å². The molecule has 0 radical (unpaired) electrons. The molecule has 558 valence electrons. The Morgan fingerprint density at radius 3 is 1.22 bits per heavy atom. The zero-order valence-corrected chi connectivity index (χ0v) is 62.8. The summed E-state index contributed by atoms with van der Waals surface area (Å²) in [7, 11) is 3.26. The van der Waals surface area contributed by atoms with Crippen LogP contribution in [0.25, 0.3) is 43.5 Å². The summed E-state index contributed by atoms with van der Waals surface area (Å²) in [5.74, 6) is -1.21. The lowest BCUT2D eigenvalue weighted by molar-refractivity contribution is 0.0514. The third-order valence-electron chi connectivity index (χ3n) is 19.7. The number of aromatic nitrogens is 4. The fourth-order valence-electron chi connectivity index (χ4n) is 14.3. The van der Waals surface area contributed by atoms with Crippen molar-refractivity contribution in [2.24, 2.45) is 7.05 Å². The van der Waals surface area contributed by atoms with Crippen LogP contribution < -0.4 is 36.1 Å². The van der Waals surface area contributed by atoms with E-state index in [4.69, 9.17) is 18.9 Å². The number of thiophene rings is 2. The Labute approximate surface area is 636 Å². The van der Waals surface area contributed by atoms with E-state index in [2.05, 4.69) is 34.1 Å². The van der Waals surface area contributed by atoms with Crippen LogP contribution in [0.1, 0.15) is 92.7 Å². The Balaban J connectivity index is 0.000000145. The zero-order valence-electron chi connectivity index (χ0n) is 61.2. The summed E-state index contributed by atoms with van der Waals surface area (Å²) in [6.45, 7) is 12.2. The van der Waals surface area contributed by atoms with Gasteiger partial charge in [-0.25, -0.2) is 14.4 Å². The number of carbonyl (C=O) groups is 6. The number of nitrogens with zero attached hydrogens (tertiary/aromatic N) is 10. The maximum absolute atomic E-state index is 14.1. The topological polar surface area (TPSA) is 238 Å². The second kappa shape index (κ2) is 34.1. The summed E-state index contributed by atoms with van der Waals surface area (Å²) < 4.78 is 26.0. The third-order valence-corrected chi connectivity index (χ3v) is 21.4. The van der Waals surface area contributed by atoms with Crippen molar-refractivity contribution >= 4 is 119 Å². The van der Waals surface area contributed by atoms with Gasteiger partial charge in [0, 0.05) is 120 Å². The molecule has 0 N–H and O–H groups in total. The first-order valence-electron chi connectivity index (χ1n) is 36.2. The standard InChI is InChI=1S/C32H29N3O4S.C29H29N3O5S.C23H24N4O4/c1-2-39-32(38)28-29(33-15-17-34(18-16-33)30(36)27-12-7-19-40-27)25-10-5-6-11-26(25)35(31(28)37)21-22-13-14-23-8-3-4-9-24(23)20-22;1-3-37-29(35)25-26(30-14-16-31(17-15-30)27(33)24-9-6-18-38-24)22-7-4-5-8-23(22)32(28(25)34)19-20-10-12-21(36-2)13-11-20;1-3-31-23(30)19-20(17-6-4-5-7-18(17)25(2)22(19)29)26-12-14-27(15-13-26)21(28)16-8-10-24-11-9-16/h3-14,19-20H,2,15-18,21H2,1H3;4-13,18H,3,14-17,19H2,1-2H3;4-11H,3,12-15H2,1-2H3. The molecule has 0 spiro atoms. The number of pyridine rings is 4. The highest BCUT2D eigenvalue weighted by Gasteiger charge is 2.35. The van der Waals surface area contributed by atoms with Gasteiger partial charge in [0.15, 0.2) is 0 Å². The van der Waals surface area contributed by atoms with Gasteiger partial charge >= 0.3 is 17.9 Å². The average Bonchev–Trinajstić information content (AvgIpc) is 1.06. The van der Waals surface area contributed by atoms with Gasteiger partial charge < -0.3 is 62.0 Å². The predicted molar refractivity (Wildman–Crippen MR) is 426 cm³/mol. The number of para-hydroxylation sites is 3. The number of fused-ring (bicyclic) bond motifs is 4. The molecule has 25 heteroatoms. The lowest BCUT2D eigenvalue weighted by Crippen LogP contribution is -2.49. The molecule has 0 bridgehead atoms. The molecule has 12 aromatic rings. The Bertz CT molecular complexity index is 5530. The number of rotatable bonds is 17. The number of aryl methyl sites for hydroxylation is 1. The highest BCUT2D eigenvalue weighted by atomic mass is 32.1. The van der Waals surface area contributed by atoms with Gasteiger partial charge in [-0.15, -0.1) is 22.7 Å². The number of piperazine rings is 3. The largest absolute Gasteiger partial charge is 0.497 e. The van der Waals surface area contributed by atoms with Gasteiger partial charge in [-0.2, -0.15) is 0 Å². The normalized spacial score (nSPS) is 13.7. The average molecular weight is 1500 g/mol. The summed E-state index contributed by atoms with van der Waals surface area (Å²) in [5, 5.41) is 8.42. The number of amides is 3. The highest BCUT2D eigenvalue weighted by molar-refractivity contribution is 7.12. The fraction of sp³-hybridized carbons (Fsp3) is 0.262. The predicted octanol–water partition coefficient (Wildman–Crippen LogP) is 11.7. The summed E-state index contributed by atoms with van der Waals surface area (Å²) in [6.07, 6.45) is 3.20. The van der Waals surface area contributed by atoms with Crippen molar-refractivity contribution in [3.63, 3.8) is 0 Å². The molecule has 15 rings (SSSR count). The van der Waals surface area contributed by atoms with Gasteiger partial charge in [0.1, 0.15) is 22.4 Å². The molecule has 3 amide bonds. The van der Waals surface area contributed by atoms with E-state index in [9.17, 15) is 43.2 Å². The maximum atomic E-state index is 14.1. The number of benzene rings is 6. The quantitative estimate of drug-likeness (QED) is 0.0608. The van der Waals surface area contributed by atoms with Crippen LogP contribution in [0.4, 0.5) is 17.1 Å². The van der Waals surface area contributed by atoms with Crippen LogP contribution in [0, 0.1) is 0 Å². The molecule has 3 fully saturated rings. The Morgan fingerprint density at radius 2 is 0.789 bits per heavy atom. The van der Waals surface area contributed by atoms with E-state index in [-0.39, 0.29) is 65.4 Å². The number of anilines is 3. The molecule has 9 heterocycles. The number of carbonyl (C=O) groups excluding carboxylic acids is 6. The van der Waals surface area contributed by atoms with E-state index >= 15 is 0 Å². The second-order valence-electron chi connectivity index (χ2n) is 26.1. The van der Waals surface area contributed by atoms with E-state index in [0.29, 0.717) is 124 Å². The van der Waals surface area contributed by atoms with Gasteiger partial charge in [0.25, 0.3) is 34.4 Å². The smallest absolute Gasteiger partial charge is 0.345 e. The third kappa shape index (κ3) is 16.0. The molecule has 3 aliphatic rings. The van der Waals surface area contributed by atoms with Crippen LogP contribution in [0.5, 0.6) is 5.75 Å². The first-order chi connectivity index (χ1) is 53.1. The molecule has 6 aromatic carbocycles. The molecule has 0 unspecified atom stereocenters.